The number of fused-ring (bicyclic) bond motifs is 1. The van der Waals surface area contributed by atoms with Crippen molar-refractivity contribution < 1.29 is 33.3 Å². The Labute approximate surface area is 174 Å². The molecule has 1 heterocycles. The van der Waals surface area contributed by atoms with Crippen molar-refractivity contribution in [3.8, 4) is 11.5 Å². The van der Waals surface area contributed by atoms with E-state index in [-0.39, 0.29) is 23.6 Å². The number of hydrogen-bond donors (Lipinski definition) is 0. The van der Waals surface area contributed by atoms with Crippen LogP contribution in [0.4, 0.5) is 0 Å². The first-order chi connectivity index (χ1) is 14.5. The Hall–Kier alpha value is -3.55. The van der Waals surface area contributed by atoms with Crippen LogP contribution in [0, 0.1) is 0 Å². The molecule has 2 aromatic carbocycles. The summed E-state index contributed by atoms with van der Waals surface area (Å²) in [4.78, 5) is 39.1. The first-order valence-electron chi connectivity index (χ1n) is 9.32. The molecule has 1 atom stereocenters. The number of amides is 1. The number of carbonyl (C=O) groups excluding carboxylic acids is 3. The zero-order valence-electron chi connectivity index (χ0n) is 17.0. The Balaban J connectivity index is 1.76. The molecule has 8 nitrogen and oxygen atoms in total. The summed E-state index contributed by atoms with van der Waals surface area (Å²) in [6, 6.07) is 11.6. The molecule has 8 heteroatoms. The molecule has 0 fully saturated rings. The van der Waals surface area contributed by atoms with Gasteiger partial charge in [0.1, 0.15) is 23.1 Å². The van der Waals surface area contributed by atoms with E-state index in [4.69, 9.17) is 18.9 Å². The number of hydrogen-bond acceptors (Lipinski definition) is 7. The Morgan fingerprint density at radius 3 is 2.17 bits per heavy atom. The smallest absolute Gasteiger partial charge is 0.346 e. The van der Waals surface area contributed by atoms with Crippen molar-refractivity contribution in [1.82, 2.24) is 4.90 Å². The van der Waals surface area contributed by atoms with Crippen molar-refractivity contribution in [3.63, 3.8) is 0 Å². The van der Waals surface area contributed by atoms with Gasteiger partial charge in [0.25, 0.3) is 5.91 Å². The number of benzene rings is 2. The van der Waals surface area contributed by atoms with Crippen molar-refractivity contribution in [2.45, 2.75) is 19.0 Å². The molecule has 0 spiro atoms. The molecule has 158 valence electrons. The van der Waals surface area contributed by atoms with Gasteiger partial charge in [0.2, 0.25) is 0 Å². The summed E-state index contributed by atoms with van der Waals surface area (Å²) in [5.74, 6) is -1.24. The summed E-state index contributed by atoms with van der Waals surface area (Å²) in [6.07, 6.45) is 0.336. The van der Waals surface area contributed by atoms with Gasteiger partial charge in [-0.15, -0.1) is 0 Å². The third-order valence-corrected chi connectivity index (χ3v) is 5.00. The van der Waals surface area contributed by atoms with Crippen molar-refractivity contribution in [1.29, 1.82) is 0 Å². The van der Waals surface area contributed by atoms with Crippen molar-refractivity contribution in [2.75, 3.05) is 27.9 Å². The first-order valence-corrected chi connectivity index (χ1v) is 9.32. The highest BCUT2D eigenvalue weighted by Gasteiger charge is 2.35. The van der Waals surface area contributed by atoms with E-state index in [1.165, 1.54) is 26.2 Å². The molecule has 0 radical (unpaired) electrons. The largest absolute Gasteiger partial charge is 0.496 e. The summed E-state index contributed by atoms with van der Waals surface area (Å²) < 4.78 is 20.5. The van der Waals surface area contributed by atoms with E-state index in [9.17, 15) is 14.4 Å². The molecule has 1 amide bonds. The lowest BCUT2D eigenvalue weighted by Gasteiger charge is -2.35. The van der Waals surface area contributed by atoms with Crippen LogP contribution in [0.25, 0.3) is 0 Å². The van der Waals surface area contributed by atoms with Crippen LogP contribution in [0.15, 0.2) is 42.5 Å². The molecule has 0 saturated carbocycles. The van der Waals surface area contributed by atoms with Gasteiger partial charge in [-0.2, -0.15) is 0 Å². The number of methoxy groups -OCH3 is 3. The fraction of sp³-hybridized carbons (Fsp3) is 0.318. The SMILES string of the molecule is COC(=O)[C@H]1Cc2ccccc2CN1C(=O)COC(=O)c1c(OC)cccc1OC. The van der Waals surface area contributed by atoms with Gasteiger partial charge in [-0.3, -0.25) is 4.79 Å². The van der Waals surface area contributed by atoms with Crippen LogP contribution >= 0.6 is 0 Å². The lowest BCUT2D eigenvalue weighted by molar-refractivity contribution is -0.155. The van der Waals surface area contributed by atoms with Gasteiger partial charge in [-0.05, 0) is 23.3 Å². The third kappa shape index (κ3) is 4.22. The lowest BCUT2D eigenvalue weighted by atomic mass is 9.94. The van der Waals surface area contributed by atoms with E-state index in [1.807, 2.05) is 24.3 Å². The van der Waals surface area contributed by atoms with Gasteiger partial charge in [-0.25, -0.2) is 9.59 Å². The Bertz CT molecular complexity index is 934. The number of esters is 2. The topological polar surface area (TPSA) is 91.4 Å². The molecule has 2 aromatic rings. The maximum atomic E-state index is 12.9. The number of rotatable bonds is 6. The van der Waals surface area contributed by atoms with Gasteiger partial charge in [0, 0.05) is 13.0 Å². The predicted molar refractivity (Wildman–Crippen MR) is 106 cm³/mol. The molecular weight excluding hydrogens is 390 g/mol. The summed E-state index contributed by atoms with van der Waals surface area (Å²) in [7, 11) is 4.12. The second-order valence-electron chi connectivity index (χ2n) is 6.65. The van der Waals surface area contributed by atoms with Crippen LogP contribution in [-0.4, -0.2) is 56.7 Å². The number of nitrogens with zero attached hydrogens (tertiary/aromatic N) is 1. The zero-order valence-corrected chi connectivity index (χ0v) is 17.0. The second kappa shape index (κ2) is 9.30. The minimum atomic E-state index is -0.781. The Kier molecular flexibility index (Phi) is 6.56. The average molecular weight is 413 g/mol. The Morgan fingerprint density at radius 1 is 0.933 bits per heavy atom. The molecule has 0 aromatic heterocycles. The molecule has 30 heavy (non-hydrogen) atoms. The molecule has 0 unspecified atom stereocenters. The fourth-order valence-corrected chi connectivity index (χ4v) is 3.47. The summed E-state index contributed by atoms with van der Waals surface area (Å²) >= 11 is 0. The van der Waals surface area contributed by atoms with E-state index in [1.54, 1.807) is 18.2 Å². The molecule has 1 aliphatic rings. The standard InChI is InChI=1S/C22H23NO7/c1-27-17-9-6-10-18(28-2)20(17)22(26)30-13-19(24)23-12-15-8-5-4-7-14(15)11-16(23)21(25)29-3/h4-10,16H,11-13H2,1-3H3/t16-/m1/s1. The molecule has 0 aliphatic carbocycles. The van der Waals surface area contributed by atoms with E-state index >= 15 is 0 Å². The summed E-state index contributed by atoms with van der Waals surface area (Å²) in [6.45, 7) is -0.306. The second-order valence-corrected chi connectivity index (χ2v) is 6.65. The maximum absolute atomic E-state index is 12.9. The molecule has 0 bridgehead atoms. The molecule has 3 rings (SSSR count). The predicted octanol–water partition coefficient (Wildman–Crippen LogP) is 1.99. The zero-order chi connectivity index (χ0) is 21.7. The van der Waals surface area contributed by atoms with E-state index in [0.717, 1.165) is 11.1 Å². The van der Waals surface area contributed by atoms with Gasteiger partial charge >= 0.3 is 11.9 Å². The van der Waals surface area contributed by atoms with Crippen LogP contribution in [0.3, 0.4) is 0 Å². The van der Waals surface area contributed by atoms with E-state index < -0.39 is 30.5 Å². The van der Waals surface area contributed by atoms with Gasteiger partial charge < -0.3 is 23.8 Å². The van der Waals surface area contributed by atoms with Crippen molar-refractivity contribution in [2.24, 2.45) is 0 Å². The van der Waals surface area contributed by atoms with E-state index in [2.05, 4.69) is 0 Å². The minimum absolute atomic E-state index is 0.0869. The maximum Gasteiger partial charge on any atom is 0.346 e. The Morgan fingerprint density at radius 2 is 1.57 bits per heavy atom. The average Bonchev–Trinajstić information content (AvgIpc) is 2.80. The molecule has 1 aliphatic heterocycles. The minimum Gasteiger partial charge on any atom is -0.496 e. The van der Waals surface area contributed by atoms with E-state index in [0.29, 0.717) is 6.42 Å². The van der Waals surface area contributed by atoms with Crippen LogP contribution in [0.5, 0.6) is 11.5 Å². The number of ether oxygens (including phenoxy) is 4. The number of carbonyl (C=O) groups is 3. The van der Waals surface area contributed by atoms with Gasteiger partial charge in [0.05, 0.1) is 21.3 Å². The van der Waals surface area contributed by atoms with Crippen molar-refractivity contribution in [3.05, 3.63) is 59.2 Å². The first kappa shape index (κ1) is 21.2. The third-order valence-electron chi connectivity index (χ3n) is 5.00. The van der Waals surface area contributed by atoms with Crippen LogP contribution in [0.2, 0.25) is 0 Å². The van der Waals surface area contributed by atoms with Gasteiger partial charge in [0.15, 0.2) is 6.61 Å². The van der Waals surface area contributed by atoms with Gasteiger partial charge in [-0.1, -0.05) is 30.3 Å². The van der Waals surface area contributed by atoms with Crippen LogP contribution < -0.4 is 9.47 Å². The lowest BCUT2D eigenvalue weighted by Crippen LogP contribution is -2.50. The highest BCUT2D eigenvalue weighted by Crippen LogP contribution is 2.29. The normalized spacial score (nSPS) is 15.0. The quantitative estimate of drug-likeness (QED) is 0.669. The highest BCUT2D eigenvalue weighted by molar-refractivity contribution is 5.97. The van der Waals surface area contributed by atoms with Crippen LogP contribution in [-0.2, 0) is 32.0 Å². The molecule has 0 N–H and O–H groups in total. The van der Waals surface area contributed by atoms with Crippen molar-refractivity contribution >= 4 is 17.8 Å². The molecular formula is C22H23NO7. The highest BCUT2D eigenvalue weighted by atomic mass is 16.5. The monoisotopic (exact) mass is 413 g/mol. The van der Waals surface area contributed by atoms with Crippen LogP contribution in [0.1, 0.15) is 21.5 Å². The summed E-state index contributed by atoms with van der Waals surface area (Å²) in [5.41, 5.74) is 2.00. The fourth-order valence-electron chi connectivity index (χ4n) is 3.47. The molecule has 0 saturated heterocycles. The summed E-state index contributed by atoms with van der Waals surface area (Å²) in [5, 5.41) is 0.